The van der Waals surface area contributed by atoms with Crippen molar-refractivity contribution in [1.82, 2.24) is 20.2 Å². The van der Waals surface area contributed by atoms with Crippen molar-refractivity contribution in [3.05, 3.63) is 46.2 Å². The minimum absolute atomic E-state index is 0.0714. The summed E-state index contributed by atoms with van der Waals surface area (Å²) in [5.74, 6) is -0.232. The van der Waals surface area contributed by atoms with Crippen molar-refractivity contribution in [2.75, 3.05) is 13.6 Å². The number of thiazole rings is 1. The SMILES string of the molecule is CNC(=O)c1cnc(C2CCCN2C(=O)c2ccccn2)s1. The number of carbonyl (C=O) groups is 2. The van der Waals surface area contributed by atoms with Crippen LogP contribution in [0.5, 0.6) is 0 Å². The van der Waals surface area contributed by atoms with Gasteiger partial charge in [-0.25, -0.2) is 4.98 Å². The molecule has 1 atom stereocenters. The first-order valence-electron chi connectivity index (χ1n) is 7.10. The molecule has 1 saturated heterocycles. The van der Waals surface area contributed by atoms with Gasteiger partial charge in [0.15, 0.2) is 0 Å². The van der Waals surface area contributed by atoms with Crippen LogP contribution in [0.1, 0.15) is 44.1 Å². The molecule has 3 rings (SSSR count). The highest BCUT2D eigenvalue weighted by Gasteiger charge is 2.33. The van der Waals surface area contributed by atoms with Crippen molar-refractivity contribution in [2.24, 2.45) is 0 Å². The summed E-state index contributed by atoms with van der Waals surface area (Å²) in [6.07, 6.45) is 4.98. The molecule has 1 unspecified atom stereocenters. The first-order valence-corrected chi connectivity index (χ1v) is 7.92. The van der Waals surface area contributed by atoms with Crippen LogP contribution in [0.4, 0.5) is 0 Å². The predicted octanol–water partition coefficient (Wildman–Crippen LogP) is 1.88. The number of rotatable bonds is 3. The quantitative estimate of drug-likeness (QED) is 0.938. The predicted molar refractivity (Wildman–Crippen MR) is 82.8 cm³/mol. The molecule has 0 saturated carbocycles. The second-order valence-electron chi connectivity index (χ2n) is 5.01. The molecule has 6 nitrogen and oxygen atoms in total. The molecule has 22 heavy (non-hydrogen) atoms. The standard InChI is InChI=1S/C15H16N4O2S/c1-16-13(20)12-9-18-14(22-12)11-6-4-8-19(11)15(21)10-5-2-3-7-17-10/h2-3,5,7,9,11H,4,6,8H2,1H3,(H,16,20). The Labute approximate surface area is 132 Å². The Balaban J connectivity index is 1.83. The van der Waals surface area contributed by atoms with Crippen molar-refractivity contribution < 1.29 is 9.59 Å². The van der Waals surface area contributed by atoms with Crippen LogP contribution in [-0.2, 0) is 0 Å². The molecule has 1 aliphatic rings. The van der Waals surface area contributed by atoms with Gasteiger partial charge in [0.2, 0.25) is 0 Å². The summed E-state index contributed by atoms with van der Waals surface area (Å²) in [4.78, 5) is 35.1. The third-order valence-electron chi connectivity index (χ3n) is 3.66. The molecule has 2 aromatic rings. The van der Waals surface area contributed by atoms with Gasteiger partial charge in [0.1, 0.15) is 15.6 Å². The van der Waals surface area contributed by atoms with E-state index in [1.807, 2.05) is 0 Å². The van der Waals surface area contributed by atoms with Crippen LogP contribution in [0.15, 0.2) is 30.6 Å². The third kappa shape index (κ3) is 2.71. The number of nitrogens with one attached hydrogen (secondary N) is 1. The van der Waals surface area contributed by atoms with Crippen LogP contribution < -0.4 is 5.32 Å². The van der Waals surface area contributed by atoms with Crippen molar-refractivity contribution in [2.45, 2.75) is 18.9 Å². The molecule has 0 spiro atoms. The molecule has 2 amide bonds. The van der Waals surface area contributed by atoms with Crippen molar-refractivity contribution in [3.8, 4) is 0 Å². The number of pyridine rings is 1. The number of nitrogens with zero attached hydrogens (tertiary/aromatic N) is 3. The normalized spacial score (nSPS) is 17.5. The number of carbonyl (C=O) groups excluding carboxylic acids is 2. The topological polar surface area (TPSA) is 75.2 Å². The third-order valence-corrected chi connectivity index (χ3v) is 4.75. The second-order valence-corrected chi connectivity index (χ2v) is 6.08. The molecular weight excluding hydrogens is 300 g/mol. The molecule has 3 heterocycles. The molecule has 0 aromatic carbocycles. The summed E-state index contributed by atoms with van der Waals surface area (Å²) < 4.78 is 0. The van der Waals surface area contributed by atoms with E-state index < -0.39 is 0 Å². The molecule has 0 bridgehead atoms. The highest BCUT2D eigenvalue weighted by Crippen LogP contribution is 2.35. The summed E-state index contributed by atoms with van der Waals surface area (Å²) in [5.41, 5.74) is 0.442. The summed E-state index contributed by atoms with van der Waals surface area (Å²) >= 11 is 1.34. The van der Waals surface area contributed by atoms with E-state index in [-0.39, 0.29) is 17.9 Å². The van der Waals surface area contributed by atoms with Crippen LogP contribution in [0, 0.1) is 0 Å². The highest BCUT2D eigenvalue weighted by molar-refractivity contribution is 7.13. The van der Waals surface area contributed by atoms with E-state index in [1.165, 1.54) is 11.3 Å². The molecule has 7 heteroatoms. The molecule has 1 fully saturated rings. The van der Waals surface area contributed by atoms with E-state index >= 15 is 0 Å². The lowest BCUT2D eigenvalue weighted by Gasteiger charge is -2.22. The van der Waals surface area contributed by atoms with Crippen molar-refractivity contribution >= 4 is 23.2 Å². The van der Waals surface area contributed by atoms with Gasteiger partial charge in [-0.15, -0.1) is 11.3 Å². The van der Waals surface area contributed by atoms with Crippen molar-refractivity contribution in [3.63, 3.8) is 0 Å². The zero-order valence-corrected chi connectivity index (χ0v) is 13.0. The fraction of sp³-hybridized carbons (Fsp3) is 0.333. The van der Waals surface area contributed by atoms with E-state index in [4.69, 9.17) is 0 Å². The van der Waals surface area contributed by atoms with Gasteiger partial charge in [-0.05, 0) is 25.0 Å². The fourth-order valence-electron chi connectivity index (χ4n) is 2.57. The lowest BCUT2D eigenvalue weighted by atomic mass is 10.2. The number of likely N-dealkylation sites (tertiary alicyclic amines) is 1. The Morgan fingerprint density at radius 1 is 1.36 bits per heavy atom. The Morgan fingerprint density at radius 2 is 2.23 bits per heavy atom. The van der Waals surface area contributed by atoms with Gasteiger partial charge >= 0.3 is 0 Å². The Bertz CT molecular complexity index is 686. The minimum Gasteiger partial charge on any atom is -0.354 e. The van der Waals surface area contributed by atoms with Gasteiger partial charge in [-0.2, -0.15) is 0 Å². The molecule has 0 aliphatic carbocycles. The minimum atomic E-state index is -0.149. The van der Waals surface area contributed by atoms with Crippen LogP contribution in [-0.4, -0.2) is 40.3 Å². The smallest absolute Gasteiger partial charge is 0.273 e. The molecule has 1 N–H and O–H groups in total. The highest BCUT2D eigenvalue weighted by atomic mass is 32.1. The zero-order chi connectivity index (χ0) is 15.5. The molecule has 114 valence electrons. The maximum Gasteiger partial charge on any atom is 0.273 e. The largest absolute Gasteiger partial charge is 0.354 e. The number of aromatic nitrogens is 2. The molecule has 2 aromatic heterocycles. The second kappa shape index (κ2) is 6.23. The average molecular weight is 316 g/mol. The number of hydrogen-bond donors (Lipinski definition) is 1. The van der Waals surface area contributed by atoms with E-state index in [0.29, 0.717) is 17.1 Å². The van der Waals surface area contributed by atoms with Crippen molar-refractivity contribution in [1.29, 1.82) is 0 Å². The van der Waals surface area contributed by atoms with Gasteiger partial charge in [-0.1, -0.05) is 6.07 Å². The Hall–Kier alpha value is -2.28. The fourth-order valence-corrected chi connectivity index (χ4v) is 3.58. The monoisotopic (exact) mass is 316 g/mol. The van der Waals surface area contributed by atoms with Crippen LogP contribution in [0.25, 0.3) is 0 Å². The average Bonchev–Trinajstić information content (AvgIpc) is 3.22. The number of amides is 2. The van der Waals surface area contributed by atoms with Gasteiger partial charge in [0.05, 0.1) is 12.2 Å². The first-order chi connectivity index (χ1) is 10.7. The Morgan fingerprint density at radius 3 is 2.95 bits per heavy atom. The molecule has 0 radical (unpaired) electrons. The van der Waals surface area contributed by atoms with E-state index in [2.05, 4.69) is 15.3 Å². The summed E-state index contributed by atoms with van der Waals surface area (Å²) in [6.45, 7) is 0.689. The summed E-state index contributed by atoms with van der Waals surface area (Å²) in [7, 11) is 1.59. The van der Waals surface area contributed by atoms with E-state index in [1.54, 1.807) is 42.5 Å². The van der Waals surface area contributed by atoms with Crippen LogP contribution in [0.3, 0.4) is 0 Å². The number of hydrogen-bond acceptors (Lipinski definition) is 5. The zero-order valence-electron chi connectivity index (χ0n) is 12.2. The summed E-state index contributed by atoms with van der Waals surface area (Å²) in [6, 6.07) is 5.24. The van der Waals surface area contributed by atoms with Crippen LogP contribution >= 0.6 is 11.3 Å². The maximum atomic E-state index is 12.6. The lowest BCUT2D eigenvalue weighted by molar-refractivity contribution is 0.0729. The van der Waals surface area contributed by atoms with Crippen LogP contribution in [0.2, 0.25) is 0 Å². The van der Waals surface area contributed by atoms with Gasteiger partial charge in [-0.3, -0.25) is 14.6 Å². The van der Waals surface area contributed by atoms with Gasteiger partial charge < -0.3 is 10.2 Å². The summed E-state index contributed by atoms with van der Waals surface area (Å²) in [5, 5.41) is 3.39. The maximum absolute atomic E-state index is 12.6. The molecular formula is C15H16N4O2S. The lowest BCUT2D eigenvalue weighted by Crippen LogP contribution is -2.31. The Kier molecular flexibility index (Phi) is 4.15. The van der Waals surface area contributed by atoms with E-state index in [0.717, 1.165) is 17.8 Å². The van der Waals surface area contributed by atoms with Gasteiger partial charge in [0, 0.05) is 19.8 Å². The first kappa shape index (κ1) is 14.6. The molecule has 1 aliphatic heterocycles. The van der Waals surface area contributed by atoms with Gasteiger partial charge in [0.25, 0.3) is 11.8 Å². The van der Waals surface area contributed by atoms with E-state index in [9.17, 15) is 9.59 Å².